The highest BCUT2D eigenvalue weighted by Gasteiger charge is 2.45. The van der Waals surface area contributed by atoms with Crippen molar-refractivity contribution in [3.8, 4) is 0 Å². The van der Waals surface area contributed by atoms with E-state index in [0.29, 0.717) is 0 Å². The molecule has 0 aliphatic carbocycles. The van der Waals surface area contributed by atoms with Gasteiger partial charge in [-0.05, 0) is 55.2 Å². The molecule has 0 saturated carbocycles. The van der Waals surface area contributed by atoms with Crippen molar-refractivity contribution in [2.75, 3.05) is 56.7 Å². The van der Waals surface area contributed by atoms with Crippen LogP contribution in [0, 0.1) is 40.5 Å². The number of hydrogen-bond acceptors (Lipinski definition) is 28. The summed E-state index contributed by atoms with van der Waals surface area (Å²) in [6.07, 6.45) is 0. The molecule has 4 aromatic rings. The Morgan fingerprint density at radius 3 is 0.630 bits per heavy atom. The summed E-state index contributed by atoms with van der Waals surface area (Å²) in [5, 5.41) is 56.7. The zero-order valence-corrected chi connectivity index (χ0v) is 54.8. The molecule has 32 heteroatoms. The first-order valence-electron chi connectivity index (χ1n) is 36.3. The van der Waals surface area contributed by atoms with Gasteiger partial charge in [-0.25, -0.2) is 38.4 Å². The molecule has 4 aromatic carbocycles. The number of allylic oxidation sites excluding steroid dienone is 8. The lowest BCUT2D eigenvalue weighted by molar-refractivity contribution is -0.385. The molecule has 4 heterocycles. The number of esters is 8. The number of hydrogen-bond donors (Lipinski definition) is 4. The lowest BCUT2D eigenvalue weighted by Gasteiger charge is -2.29. The van der Waals surface area contributed by atoms with Crippen molar-refractivity contribution < 1.29 is 118 Å². The Hall–Kier alpha value is -12.6. The van der Waals surface area contributed by atoms with Crippen molar-refractivity contribution in [2.24, 2.45) is 0 Å². The number of rotatable bonds is 16. The van der Waals surface area contributed by atoms with Crippen LogP contribution in [0.3, 0.4) is 0 Å². The van der Waals surface area contributed by atoms with Crippen molar-refractivity contribution in [3.63, 3.8) is 0 Å². The molecule has 0 bridgehead atoms. The summed E-state index contributed by atoms with van der Waals surface area (Å²) in [5.41, 5.74) is -9.31. The van der Waals surface area contributed by atoms with E-state index in [2.05, 4.69) is 40.2 Å². The predicted octanol–water partition coefficient (Wildman–Crippen LogP) is 8.70. The van der Waals surface area contributed by atoms with Crippen LogP contribution in [0.5, 0.6) is 0 Å². The van der Waals surface area contributed by atoms with Gasteiger partial charge in [-0.15, -0.1) is 0 Å². The number of para-hydroxylation sites is 4. The maximum absolute atomic E-state index is 12.9. The standard InChI is InChI=1S/4C17H18N2O6/c4*1-9-13(16(20)24-3)15(14(10(2)18-9)17(21)25-4)11-7-5-6-8-12(11)19(22)23/h4*5-8,15,18H,1-4H3/i1D3,3D3,15D;3D3,15D;1D3,15D;15D. The third-order valence-electron chi connectivity index (χ3n) is 14.5. The van der Waals surface area contributed by atoms with Gasteiger partial charge in [-0.1, -0.05) is 72.8 Å². The molecular formula is C68H72N8O24. The van der Waals surface area contributed by atoms with Gasteiger partial charge in [0.05, 0.1) is 153 Å². The molecular weight excluding hydrogens is 1310 g/mol. The Morgan fingerprint density at radius 2 is 0.470 bits per heavy atom. The lowest BCUT2D eigenvalue weighted by atomic mass is 9.79. The lowest BCUT2D eigenvalue weighted by Crippen LogP contribution is -2.32. The number of carbonyl (C=O) groups excluding carboxylic acids is 8. The smallest absolute Gasteiger partial charge is 0.336 e. The maximum Gasteiger partial charge on any atom is 0.336 e. The van der Waals surface area contributed by atoms with Gasteiger partial charge in [0.2, 0.25) is 0 Å². The highest BCUT2D eigenvalue weighted by Crippen LogP contribution is 2.47. The number of benzene rings is 4. The van der Waals surface area contributed by atoms with Gasteiger partial charge >= 0.3 is 47.8 Å². The second-order valence-corrected chi connectivity index (χ2v) is 20.3. The fourth-order valence-electron chi connectivity index (χ4n) is 10.4. The van der Waals surface area contributed by atoms with E-state index in [1.54, 1.807) is 0 Å². The van der Waals surface area contributed by atoms with E-state index in [1.807, 2.05) is 0 Å². The Labute approximate surface area is 594 Å². The number of nitro benzene ring substituents is 4. The normalized spacial score (nSPS) is 21.9. The van der Waals surface area contributed by atoms with Crippen LogP contribution in [-0.2, 0) is 76.3 Å². The molecule has 3 atom stereocenters. The first-order chi connectivity index (χ1) is 53.5. The summed E-state index contributed by atoms with van der Waals surface area (Å²) >= 11 is 0. The number of carbonyl (C=O) groups is 8. The Kier molecular flexibility index (Phi) is 19.4. The second kappa shape index (κ2) is 34.3. The van der Waals surface area contributed by atoms with Crippen LogP contribution in [0.25, 0.3) is 0 Å². The van der Waals surface area contributed by atoms with Crippen molar-refractivity contribution >= 4 is 70.5 Å². The van der Waals surface area contributed by atoms with Gasteiger partial charge in [-0.3, -0.25) is 40.5 Å². The molecule has 0 radical (unpaired) electrons. The van der Waals surface area contributed by atoms with E-state index in [9.17, 15) is 78.8 Å². The van der Waals surface area contributed by atoms with Gasteiger partial charge in [0.15, 0.2) is 0 Å². The van der Waals surface area contributed by atoms with Crippen molar-refractivity contribution in [3.05, 3.63) is 250 Å². The number of nitro groups is 4. The second-order valence-electron chi connectivity index (χ2n) is 20.3. The summed E-state index contributed by atoms with van der Waals surface area (Å²) in [6, 6.07) is 20.1. The minimum atomic E-state index is -3.34. The van der Waals surface area contributed by atoms with E-state index in [0.717, 1.165) is 66.9 Å². The number of methoxy groups -OCH3 is 8. The SMILES string of the molecule is [2H]C([2H])([2H])C1=C(C(=O)OC)C([2H])(c2ccccc2[N+](=O)[O-])C(C(=O)OC)=C(C)N1.[2H]C([2H])([2H])OC(=O)C1=C(C([2H])([2H])[2H])NC(C)=C(C(=O)OC)C1([2H])c1ccccc1[N+](=O)[O-].[2H]C([2H])([2H])OC(=O)C1=C(C)NC(C)=C(C(=O)OC)C1([2H])c1ccccc1[N+](=O)[O-].[2H]C1(c2ccccc2[N+](=O)[O-])C(C(=O)OC)=C(C)NC(C)=C1C(=O)OC. The van der Waals surface area contributed by atoms with E-state index in [4.69, 9.17) is 40.9 Å². The fourth-order valence-corrected chi connectivity index (χ4v) is 10.4. The van der Waals surface area contributed by atoms with Crippen LogP contribution >= 0.6 is 0 Å². The third-order valence-corrected chi connectivity index (χ3v) is 14.5. The summed E-state index contributed by atoms with van der Waals surface area (Å²) in [6.45, 7) is 2.34. The van der Waals surface area contributed by atoms with Crippen LogP contribution in [0.1, 0.15) is 123 Å². The average molecular weight is 1400 g/mol. The molecule has 32 nitrogen and oxygen atoms in total. The van der Waals surface area contributed by atoms with Crippen LogP contribution in [0.2, 0.25) is 0 Å². The monoisotopic (exact) mass is 1400 g/mol. The van der Waals surface area contributed by atoms with E-state index < -0.39 is 192 Å². The van der Waals surface area contributed by atoms with Crippen molar-refractivity contribution in [1.29, 1.82) is 0 Å². The molecule has 528 valence electrons. The van der Waals surface area contributed by atoms with Crippen molar-refractivity contribution in [2.45, 2.75) is 78.8 Å². The minimum Gasteiger partial charge on any atom is -0.466 e. The number of nitrogens with one attached hydrogen (secondary N) is 4. The molecule has 0 fully saturated rings. The molecule has 8 rings (SSSR count). The predicted molar refractivity (Wildman–Crippen MR) is 354 cm³/mol. The molecule has 0 aromatic heterocycles. The zero-order valence-electron chi connectivity index (χ0n) is 70.8. The number of ether oxygens (including phenoxy) is 8. The molecule has 4 N–H and O–H groups in total. The van der Waals surface area contributed by atoms with Gasteiger partial charge in [0.25, 0.3) is 22.7 Å². The van der Waals surface area contributed by atoms with Crippen LogP contribution in [-0.4, -0.2) is 124 Å². The topological polar surface area (TPSA) is 431 Å². The summed E-state index contributed by atoms with van der Waals surface area (Å²) in [7, 11) is -0.208. The molecule has 4 aliphatic heterocycles. The Morgan fingerprint density at radius 1 is 0.310 bits per heavy atom. The van der Waals surface area contributed by atoms with Gasteiger partial charge in [-0.2, -0.15) is 0 Å². The Bertz CT molecular complexity index is 5000. The van der Waals surface area contributed by atoms with Crippen LogP contribution < -0.4 is 21.3 Å². The van der Waals surface area contributed by atoms with Gasteiger partial charge in [0.1, 0.15) is 0 Å². The fraction of sp³-hybridized carbons (Fsp3) is 0.294. The summed E-state index contributed by atoms with van der Waals surface area (Å²) < 4.78 is 163. The number of nitrogens with zero attached hydrogens (tertiary/aromatic N) is 4. The minimum absolute atomic E-state index is 0.0116. The number of dihydropyridines is 4. The molecule has 0 amide bonds. The molecule has 3 unspecified atom stereocenters. The van der Waals surface area contributed by atoms with Gasteiger partial charge in [0, 0.05) is 106 Å². The van der Waals surface area contributed by atoms with Crippen LogP contribution in [0.15, 0.2) is 187 Å². The molecule has 0 saturated heterocycles. The maximum atomic E-state index is 12.9. The zero-order chi connectivity index (χ0) is 88.6. The van der Waals surface area contributed by atoms with Gasteiger partial charge < -0.3 is 59.2 Å². The van der Waals surface area contributed by atoms with E-state index in [-0.39, 0.29) is 62.0 Å². The highest BCUT2D eigenvalue weighted by atomic mass is 16.6. The first kappa shape index (κ1) is 56.5. The molecule has 0 spiro atoms. The quantitative estimate of drug-likeness (QED) is 0.0352. The van der Waals surface area contributed by atoms with E-state index in [1.165, 1.54) is 114 Å². The highest BCUT2D eigenvalue weighted by molar-refractivity contribution is 6.03. The molecule has 100 heavy (non-hydrogen) atoms. The summed E-state index contributed by atoms with van der Waals surface area (Å²) in [4.78, 5) is 144. The third kappa shape index (κ3) is 16.6. The van der Waals surface area contributed by atoms with E-state index >= 15 is 0 Å². The Balaban J connectivity index is 0.000000277. The largest absolute Gasteiger partial charge is 0.466 e. The molecule has 4 aliphatic rings. The van der Waals surface area contributed by atoms with Crippen LogP contribution in [0.4, 0.5) is 22.7 Å². The summed E-state index contributed by atoms with van der Waals surface area (Å²) in [5.74, 6) is -19.5. The first-order valence-corrected chi connectivity index (χ1v) is 28.3. The van der Waals surface area contributed by atoms with Crippen molar-refractivity contribution in [1.82, 2.24) is 21.3 Å². The average Bonchev–Trinajstić information content (AvgIpc) is 0.743.